The third-order valence-corrected chi connectivity index (χ3v) is 5.10. The Bertz CT molecular complexity index is 1120. The third kappa shape index (κ3) is 3.81. The third-order valence-electron chi connectivity index (χ3n) is 3.75. The molecule has 27 heavy (non-hydrogen) atoms. The van der Waals surface area contributed by atoms with E-state index in [0.29, 0.717) is 0 Å². The van der Waals surface area contributed by atoms with Crippen LogP contribution in [0.25, 0.3) is 11.0 Å². The number of hydrogen-bond acceptors (Lipinski definition) is 6. The molecule has 0 fully saturated rings. The first kappa shape index (κ1) is 19.3. The molecule has 0 bridgehead atoms. The highest BCUT2D eigenvalue weighted by Gasteiger charge is 2.36. The second kappa shape index (κ2) is 6.60. The van der Waals surface area contributed by atoms with Gasteiger partial charge in [0.25, 0.3) is 0 Å². The normalized spacial score (nSPS) is 12.5. The summed E-state index contributed by atoms with van der Waals surface area (Å²) in [5, 5.41) is -0.0863. The molecule has 0 aromatic carbocycles. The number of hydrogen-bond donors (Lipinski definition) is 0. The van der Waals surface area contributed by atoms with Crippen molar-refractivity contribution in [2.45, 2.75) is 12.7 Å². The van der Waals surface area contributed by atoms with Crippen LogP contribution in [0.2, 0.25) is 5.28 Å². The molecule has 0 amide bonds. The van der Waals surface area contributed by atoms with Gasteiger partial charge in [-0.15, -0.1) is 0 Å². The second-order valence-corrected chi connectivity index (χ2v) is 7.94. The van der Waals surface area contributed by atoms with Crippen LogP contribution >= 0.6 is 11.6 Å². The Kier molecular flexibility index (Phi) is 4.72. The summed E-state index contributed by atoms with van der Waals surface area (Å²) in [6.07, 6.45) is -0.0482. The van der Waals surface area contributed by atoms with E-state index in [-0.39, 0.29) is 27.8 Å². The van der Waals surface area contributed by atoms with Crippen molar-refractivity contribution in [2.24, 2.45) is 0 Å². The molecule has 0 atom stereocenters. The molecule has 3 aromatic heterocycles. The number of rotatable bonds is 4. The van der Waals surface area contributed by atoms with Gasteiger partial charge >= 0.3 is 6.18 Å². The van der Waals surface area contributed by atoms with Gasteiger partial charge in [0.15, 0.2) is 5.82 Å². The lowest BCUT2D eigenvalue weighted by Crippen LogP contribution is -2.28. The fourth-order valence-electron chi connectivity index (χ4n) is 2.45. The SMILES string of the molecule is CN(c1nccnc1Cn1c(C(F)(F)F)cc2cnc(Cl)nc21)S(C)(=O)=O. The molecule has 0 unspecified atom stereocenters. The smallest absolute Gasteiger partial charge is 0.315 e. The lowest BCUT2D eigenvalue weighted by atomic mass is 10.3. The Morgan fingerprint density at radius 3 is 2.52 bits per heavy atom. The summed E-state index contributed by atoms with van der Waals surface area (Å²) >= 11 is 5.73. The van der Waals surface area contributed by atoms with Gasteiger partial charge < -0.3 is 4.57 Å². The highest BCUT2D eigenvalue weighted by molar-refractivity contribution is 7.92. The molecule has 0 aliphatic carbocycles. The molecule has 3 heterocycles. The minimum absolute atomic E-state index is 0.0168. The lowest BCUT2D eigenvalue weighted by Gasteiger charge is -2.19. The summed E-state index contributed by atoms with van der Waals surface area (Å²) in [6.45, 7) is -0.422. The first-order valence-electron chi connectivity index (χ1n) is 7.31. The van der Waals surface area contributed by atoms with E-state index < -0.39 is 28.4 Å². The van der Waals surface area contributed by atoms with Gasteiger partial charge in [0.1, 0.15) is 17.0 Å². The summed E-state index contributed by atoms with van der Waals surface area (Å²) in [7, 11) is -2.46. The second-order valence-electron chi connectivity index (χ2n) is 5.59. The summed E-state index contributed by atoms with van der Waals surface area (Å²) in [6, 6.07) is 0.891. The largest absolute Gasteiger partial charge is 0.431 e. The van der Waals surface area contributed by atoms with E-state index in [1.165, 1.54) is 25.6 Å². The first-order chi connectivity index (χ1) is 12.5. The van der Waals surface area contributed by atoms with Gasteiger partial charge in [0, 0.05) is 31.0 Å². The maximum absolute atomic E-state index is 13.5. The summed E-state index contributed by atoms with van der Waals surface area (Å²) < 4.78 is 65.8. The molecule has 0 aliphatic heterocycles. The van der Waals surface area contributed by atoms with Crippen molar-refractivity contribution in [3.63, 3.8) is 0 Å². The molecule has 3 rings (SSSR count). The van der Waals surface area contributed by atoms with Crippen molar-refractivity contribution in [3.05, 3.63) is 41.3 Å². The van der Waals surface area contributed by atoms with Crippen LogP contribution in [-0.4, -0.2) is 46.2 Å². The van der Waals surface area contributed by atoms with Crippen molar-refractivity contribution in [3.8, 4) is 0 Å². The molecule has 144 valence electrons. The Balaban J connectivity index is 2.20. The van der Waals surface area contributed by atoms with E-state index >= 15 is 0 Å². The highest BCUT2D eigenvalue weighted by Crippen LogP contribution is 2.34. The molecule has 8 nitrogen and oxygen atoms in total. The van der Waals surface area contributed by atoms with Crippen LogP contribution in [0, 0.1) is 0 Å². The minimum atomic E-state index is -4.68. The molecule has 0 saturated carbocycles. The minimum Gasteiger partial charge on any atom is -0.315 e. The zero-order chi connectivity index (χ0) is 20.0. The topological polar surface area (TPSA) is 93.9 Å². The van der Waals surface area contributed by atoms with E-state index in [0.717, 1.165) is 21.2 Å². The lowest BCUT2D eigenvalue weighted by molar-refractivity contribution is -0.143. The Morgan fingerprint density at radius 2 is 1.89 bits per heavy atom. The Hall–Kier alpha value is -2.47. The van der Waals surface area contributed by atoms with Crippen LogP contribution in [0.15, 0.2) is 24.7 Å². The number of sulfonamides is 1. The quantitative estimate of drug-likeness (QED) is 0.601. The number of alkyl halides is 3. The fraction of sp³-hybridized carbons (Fsp3) is 0.286. The number of anilines is 1. The predicted octanol–water partition coefficient (Wildman–Crippen LogP) is 2.34. The van der Waals surface area contributed by atoms with Crippen LogP contribution in [0.5, 0.6) is 0 Å². The standard InChI is InChI=1S/C14H12ClF3N6O2S/c1-23(27(2,25)26)12-9(19-3-4-20-12)7-24-10(14(16,17)18)5-8-6-21-13(15)22-11(8)24/h3-6H,7H2,1-2H3. The van der Waals surface area contributed by atoms with Gasteiger partial charge in [0.05, 0.1) is 12.8 Å². The number of fused-ring (bicyclic) bond motifs is 1. The molecule has 0 saturated heterocycles. The van der Waals surface area contributed by atoms with Crippen molar-refractivity contribution in [2.75, 3.05) is 17.6 Å². The molecule has 13 heteroatoms. The monoisotopic (exact) mass is 420 g/mol. The van der Waals surface area contributed by atoms with Crippen molar-refractivity contribution >= 4 is 38.5 Å². The summed E-state index contributed by atoms with van der Waals surface area (Å²) in [4.78, 5) is 15.5. The van der Waals surface area contributed by atoms with Crippen LogP contribution in [0.1, 0.15) is 11.4 Å². The summed E-state index contributed by atoms with van der Waals surface area (Å²) in [5.41, 5.74) is -1.03. The maximum atomic E-state index is 13.5. The zero-order valence-electron chi connectivity index (χ0n) is 13.9. The van der Waals surface area contributed by atoms with Crippen LogP contribution < -0.4 is 4.31 Å². The molecular weight excluding hydrogens is 409 g/mol. The molecule has 0 N–H and O–H groups in total. The average Bonchev–Trinajstić information content (AvgIpc) is 2.92. The van der Waals surface area contributed by atoms with Crippen molar-refractivity contribution in [1.29, 1.82) is 0 Å². The van der Waals surface area contributed by atoms with Gasteiger partial charge in [-0.25, -0.2) is 18.4 Å². The first-order valence-corrected chi connectivity index (χ1v) is 9.54. The van der Waals surface area contributed by atoms with Gasteiger partial charge in [-0.2, -0.15) is 18.2 Å². The molecule has 0 spiro atoms. The molecule has 0 radical (unpaired) electrons. The Labute approximate surface area is 156 Å². The average molecular weight is 421 g/mol. The van der Waals surface area contributed by atoms with Crippen molar-refractivity contribution in [1.82, 2.24) is 24.5 Å². The fourth-order valence-corrected chi connectivity index (χ4v) is 3.05. The highest BCUT2D eigenvalue weighted by atomic mass is 35.5. The number of nitrogens with zero attached hydrogens (tertiary/aromatic N) is 6. The van der Waals surface area contributed by atoms with E-state index in [2.05, 4.69) is 19.9 Å². The van der Waals surface area contributed by atoms with E-state index in [1.807, 2.05) is 0 Å². The van der Waals surface area contributed by atoms with Crippen molar-refractivity contribution < 1.29 is 21.6 Å². The van der Waals surface area contributed by atoms with E-state index in [9.17, 15) is 21.6 Å². The van der Waals surface area contributed by atoms with E-state index in [4.69, 9.17) is 11.6 Å². The van der Waals surface area contributed by atoms with Gasteiger partial charge in [0.2, 0.25) is 15.3 Å². The molecule has 0 aliphatic rings. The number of halogens is 4. The predicted molar refractivity (Wildman–Crippen MR) is 91.9 cm³/mol. The Morgan fingerprint density at radius 1 is 1.22 bits per heavy atom. The molecule has 3 aromatic rings. The maximum Gasteiger partial charge on any atom is 0.431 e. The van der Waals surface area contributed by atoms with Crippen LogP contribution in [0.3, 0.4) is 0 Å². The van der Waals surface area contributed by atoms with Crippen LogP contribution in [-0.2, 0) is 22.7 Å². The van der Waals surface area contributed by atoms with Gasteiger partial charge in [-0.3, -0.25) is 9.29 Å². The number of aromatic nitrogens is 5. The van der Waals surface area contributed by atoms with Gasteiger partial charge in [-0.1, -0.05) is 0 Å². The zero-order valence-corrected chi connectivity index (χ0v) is 15.5. The van der Waals surface area contributed by atoms with Crippen LogP contribution in [0.4, 0.5) is 19.0 Å². The van der Waals surface area contributed by atoms with Gasteiger partial charge in [-0.05, 0) is 17.7 Å². The van der Waals surface area contributed by atoms with E-state index in [1.54, 1.807) is 0 Å². The molecular formula is C14H12ClF3N6O2S. The summed E-state index contributed by atoms with van der Waals surface area (Å²) in [5.74, 6) is -0.0878.